The molecule has 2 rings (SSSR count). The summed E-state index contributed by atoms with van der Waals surface area (Å²) in [5.74, 6) is 0.0552. The molecule has 1 amide bonds. The third-order valence-electron chi connectivity index (χ3n) is 3.62. The zero-order valence-corrected chi connectivity index (χ0v) is 13.8. The molecule has 1 aliphatic rings. The van der Waals surface area contributed by atoms with Crippen LogP contribution in [0.1, 0.15) is 0 Å². The summed E-state index contributed by atoms with van der Waals surface area (Å²) >= 11 is 0. The Balaban J connectivity index is 2.40. The molecule has 1 aromatic rings. The first kappa shape index (κ1) is 17.6. The second kappa shape index (κ2) is 7.69. The maximum absolute atomic E-state index is 12.5. The lowest BCUT2D eigenvalue weighted by Gasteiger charge is -2.16. The summed E-state index contributed by atoms with van der Waals surface area (Å²) in [6.45, 7) is -0.00358. The van der Waals surface area contributed by atoms with Crippen LogP contribution >= 0.6 is 0 Å². The van der Waals surface area contributed by atoms with Gasteiger partial charge in [0.05, 0.1) is 45.7 Å². The van der Waals surface area contributed by atoms with Gasteiger partial charge in [0.25, 0.3) is 5.91 Å². The number of amides is 1. The largest absolute Gasteiger partial charge is 0.497 e. The summed E-state index contributed by atoms with van der Waals surface area (Å²) in [4.78, 5) is 25.8. The maximum Gasteiger partial charge on any atom is 0.337 e. The topological polar surface area (TPSA) is 97.3 Å². The SMILES string of the molecule is COC(=O)C1=C(Nc2cc(OC)ccc2OC)C(=O)N(CCO)C1. The molecule has 0 saturated heterocycles. The van der Waals surface area contributed by atoms with E-state index in [4.69, 9.17) is 19.3 Å². The van der Waals surface area contributed by atoms with Crippen LogP contribution in [0.2, 0.25) is 0 Å². The van der Waals surface area contributed by atoms with Crippen molar-refractivity contribution in [3.63, 3.8) is 0 Å². The number of aliphatic hydroxyl groups is 1. The van der Waals surface area contributed by atoms with Crippen molar-refractivity contribution < 1.29 is 28.9 Å². The monoisotopic (exact) mass is 336 g/mol. The van der Waals surface area contributed by atoms with Gasteiger partial charge in [-0.3, -0.25) is 4.79 Å². The van der Waals surface area contributed by atoms with Gasteiger partial charge in [-0.2, -0.15) is 0 Å². The molecule has 8 nitrogen and oxygen atoms in total. The van der Waals surface area contributed by atoms with Crippen molar-refractivity contribution in [3.05, 3.63) is 29.5 Å². The third-order valence-corrected chi connectivity index (χ3v) is 3.62. The highest BCUT2D eigenvalue weighted by molar-refractivity contribution is 6.08. The first-order valence-corrected chi connectivity index (χ1v) is 7.26. The molecule has 0 atom stereocenters. The molecular weight excluding hydrogens is 316 g/mol. The number of nitrogens with zero attached hydrogens (tertiary/aromatic N) is 1. The summed E-state index contributed by atoms with van der Waals surface area (Å²) in [6.07, 6.45) is 0. The van der Waals surface area contributed by atoms with Crippen molar-refractivity contribution in [2.75, 3.05) is 46.3 Å². The van der Waals surface area contributed by atoms with Gasteiger partial charge >= 0.3 is 5.97 Å². The molecule has 8 heteroatoms. The smallest absolute Gasteiger partial charge is 0.337 e. The third kappa shape index (κ3) is 3.43. The standard InChI is InChI=1S/C16H20N2O6/c1-22-10-4-5-13(23-2)12(8-10)17-14-11(16(21)24-3)9-18(6-7-19)15(14)20/h4-5,8,17,19H,6-7,9H2,1-3H3. The first-order valence-electron chi connectivity index (χ1n) is 7.26. The van der Waals surface area contributed by atoms with E-state index in [0.717, 1.165) is 0 Å². The number of ether oxygens (including phenoxy) is 3. The van der Waals surface area contributed by atoms with Crippen LogP contribution < -0.4 is 14.8 Å². The van der Waals surface area contributed by atoms with E-state index in [1.165, 1.54) is 26.2 Å². The Kier molecular flexibility index (Phi) is 5.64. The molecular formula is C16H20N2O6. The Labute approximate surface area is 139 Å². The lowest BCUT2D eigenvalue weighted by molar-refractivity contribution is -0.136. The lowest BCUT2D eigenvalue weighted by atomic mass is 10.2. The molecule has 0 aliphatic carbocycles. The van der Waals surface area contributed by atoms with E-state index in [1.54, 1.807) is 18.2 Å². The van der Waals surface area contributed by atoms with Crippen LogP contribution in [0.5, 0.6) is 11.5 Å². The quantitative estimate of drug-likeness (QED) is 0.695. The average molecular weight is 336 g/mol. The van der Waals surface area contributed by atoms with Crippen molar-refractivity contribution in [3.8, 4) is 11.5 Å². The van der Waals surface area contributed by atoms with E-state index in [-0.39, 0.29) is 31.0 Å². The van der Waals surface area contributed by atoms with E-state index in [2.05, 4.69) is 5.32 Å². The fraction of sp³-hybridized carbons (Fsp3) is 0.375. The summed E-state index contributed by atoms with van der Waals surface area (Å²) in [5, 5.41) is 12.0. The number of β-amino-alcohol motifs (C(OH)–C–C–N with tert-alkyl or cyclic N) is 1. The highest BCUT2D eigenvalue weighted by Crippen LogP contribution is 2.32. The van der Waals surface area contributed by atoms with Gasteiger partial charge in [-0.15, -0.1) is 0 Å². The van der Waals surface area contributed by atoms with Crippen LogP contribution in [0.3, 0.4) is 0 Å². The number of aliphatic hydroxyl groups excluding tert-OH is 1. The Morgan fingerprint density at radius 2 is 2.04 bits per heavy atom. The van der Waals surface area contributed by atoms with Crippen LogP contribution in [0.15, 0.2) is 29.5 Å². The maximum atomic E-state index is 12.5. The van der Waals surface area contributed by atoms with Gasteiger partial charge in [-0.05, 0) is 12.1 Å². The molecule has 1 aromatic carbocycles. The number of esters is 1. The molecule has 1 aliphatic heterocycles. The lowest BCUT2D eigenvalue weighted by Crippen LogP contribution is -2.31. The van der Waals surface area contributed by atoms with E-state index < -0.39 is 11.9 Å². The average Bonchev–Trinajstić information content (AvgIpc) is 2.91. The van der Waals surface area contributed by atoms with Gasteiger partial charge < -0.3 is 29.5 Å². The number of hydrogen-bond acceptors (Lipinski definition) is 7. The Hall–Kier alpha value is -2.74. The van der Waals surface area contributed by atoms with E-state index in [0.29, 0.717) is 17.2 Å². The molecule has 0 bridgehead atoms. The molecule has 24 heavy (non-hydrogen) atoms. The molecule has 0 spiro atoms. The van der Waals surface area contributed by atoms with Gasteiger partial charge in [-0.1, -0.05) is 0 Å². The predicted molar refractivity (Wildman–Crippen MR) is 85.9 cm³/mol. The normalized spacial score (nSPS) is 14.0. The van der Waals surface area contributed by atoms with E-state index in [1.807, 2.05) is 0 Å². The number of anilines is 1. The highest BCUT2D eigenvalue weighted by atomic mass is 16.5. The molecule has 0 aromatic heterocycles. The Morgan fingerprint density at radius 1 is 1.29 bits per heavy atom. The van der Waals surface area contributed by atoms with Crippen molar-refractivity contribution in [2.24, 2.45) is 0 Å². The van der Waals surface area contributed by atoms with Gasteiger partial charge in [0.15, 0.2) is 0 Å². The first-order chi connectivity index (χ1) is 11.5. The number of carbonyl (C=O) groups excluding carboxylic acids is 2. The van der Waals surface area contributed by atoms with Crippen LogP contribution in [-0.4, -0.2) is 62.9 Å². The van der Waals surface area contributed by atoms with Crippen LogP contribution in [0, 0.1) is 0 Å². The van der Waals surface area contributed by atoms with Crippen molar-refractivity contribution in [2.45, 2.75) is 0 Å². The molecule has 0 unspecified atom stereocenters. The molecule has 0 radical (unpaired) electrons. The Morgan fingerprint density at radius 3 is 2.62 bits per heavy atom. The van der Waals surface area contributed by atoms with Gasteiger partial charge in [0.1, 0.15) is 17.2 Å². The van der Waals surface area contributed by atoms with Gasteiger partial charge in [0.2, 0.25) is 0 Å². The highest BCUT2D eigenvalue weighted by Gasteiger charge is 2.34. The number of methoxy groups -OCH3 is 3. The minimum Gasteiger partial charge on any atom is -0.497 e. The summed E-state index contributed by atoms with van der Waals surface area (Å²) < 4.78 is 15.2. The minimum atomic E-state index is -0.604. The number of nitrogens with one attached hydrogen (secondary N) is 1. The molecule has 0 fully saturated rings. The van der Waals surface area contributed by atoms with E-state index >= 15 is 0 Å². The summed E-state index contributed by atoms with van der Waals surface area (Å²) in [6, 6.07) is 5.06. The Bertz CT molecular complexity index is 671. The van der Waals surface area contributed by atoms with Crippen LogP contribution in [-0.2, 0) is 14.3 Å². The zero-order valence-electron chi connectivity index (χ0n) is 13.8. The second-order valence-electron chi connectivity index (χ2n) is 4.99. The van der Waals surface area contributed by atoms with Crippen molar-refractivity contribution in [1.29, 1.82) is 0 Å². The van der Waals surface area contributed by atoms with Gasteiger partial charge in [-0.25, -0.2) is 4.79 Å². The van der Waals surface area contributed by atoms with Crippen LogP contribution in [0.4, 0.5) is 5.69 Å². The number of carbonyl (C=O) groups is 2. The fourth-order valence-electron chi connectivity index (χ4n) is 2.40. The van der Waals surface area contributed by atoms with E-state index in [9.17, 15) is 9.59 Å². The van der Waals surface area contributed by atoms with Crippen molar-refractivity contribution >= 4 is 17.6 Å². The summed E-state index contributed by atoms with van der Waals surface area (Å²) in [7, 11) is 4.27. The molecule has 1 heterocycles. The number of rotatable bonds is 7. The second-order valence-corrected chi connectivity index (χ2v) is 4.99. The molecule has 2 N–H and O–H groups in total. The van der Waals surface area contributed by atoms with Gasteiger partial charge in [0, 0.05) is 12.6 Å². The number of benzene rings is 1. The minimum absolute atomic E-state index is 0.0701. The number of hydrogen-bond donors (Lipinski definition) is 2. The zero-order chi connectivity index (χ0) is 17.7. The van der Waals surface area contributed by atoms with Crippen molar-refractivity contribution in [1.82, 2.24) is 4.90 Å². The predicted octanol–water partition coefficient (Wildman–Crippen LogP) is 0.377. The molecule has 0 saturated carbocycles. The van der Waals surface area contributed by atoms with Crippen LogP contribution in [0.25, 0.3) is 0 Å². The molecule has 130 valence electrons. The fourth-order valence-corrected chi connectivity index (χ4v) is 2.40. The summed E-state index contributed by atoms with van der Waals surface area (Å²) in [5.41, 5.74) is 0.773.